The van der Waals surface area contributed by atoms with E-state index in [2.05, 4.69) is 15.6 Å². The van der Waals surface area contributed by atoms with E-state index in [4.69, 9.17) is 4.74 Å². The van der Waals surface area contributed by atoms with Crippen molar-refractivity contribution in [1.29, 1.82) is 0 Å². The topological polar surface area (TPSA) is 79.8 Å². The van der Waals surface area contributed by atoms with Crippen LogP contribution in [-0.2, 0) is 14.3 Å². The van der Waals surface area contributed by atoms with Crippen LogP contribution in [0.1, 0.15) is 13.8 Å². The number of amides is 2. The van der Waals surface area contributed by atoms with Crippen molar-refractivity contribution in [2.24, 2.45) is 4.99 Å². The molecule has 6 nitrogen and oxygen atoms in total. The molecule has 2 N–H and O–H groups in total. The van der Waals surface area contributed by atoms with Crippen LogP contribution in [0.3, 0.4) is 0 Å². The lowest BCUT2D eigenvalue weighted by atomic mass is 10.4. The lowest BCUT2D eigenvalue weighted by molar-refractivity contribution is -0.135. The number of ether oxygens (including phenoxy) is 1. The van der Waals surface area contributed by atoms with Crippen LogP contribution < -0.4 is 10.6 Å². The van der Waals surface area contributed by atoms with Gasteiger partial charge in [0.25, 0.3) is 0 Å². The van der Waals surface area contributed by atoms with Gasteiger partial charge in [-0.15, -0.1) is 0 Å². The Morgan fingerprint density at radius 2 is 1.93 bits per heavy atom. The van der Waals surface area contributed by atoms with E-state index in [1.807, 2.05) is 13.8 Å². The van der Waals surface area contributed by atoms with Gasteiger partial charge in [0.05, 0.1) is 12.6 Å². The Kier molecular flexibility index (Phi) is 3.58. The average molecular weight is 199 g/mol. The first-order valence-electron chi connectivity index (χ1n) is 4.41. The van der Waals surface area contributed by atoms with Gasteiger partial charge in [0.15, 0.2) is 0 Å². The maximum absolute atomic E-state index is 10.7. The van der Waals surface area contributed by atoms with Crippen LogP contribution in [0.2, 0.25) is 0 Å². The summed E-state index contributed by atoms with van der Waals surface area (Å²) in [6.45, 7) is 4.80. The van der Waals surface area contributed by atoms with Crippen molar-refractivity contribution in [3.05, 3.63) is 0 Å². The third-order valence-corrected chi connectivity index (χ3v) is 1.58. The number of hydrogen-bond donors (Lipinski definition) is 2. The normalized spacial score (nSPS) is 17.7. The summed E-state index contributed by atoms with van der Waals surface area (Å²) in [7, 11) is 0. The van der Waals surface area contributed by atoms with E-state index in [9.17, 15) is 9.59 Å². The number of nitrogens with one attached hydrogen (secondary N) is 2. The molecule has 1 rings (SSSR count). The lowest BCUT2D eigenvalue weighted by Crippen LogP contribution is -2.28. The van der Waals surface area contributed by atoms with E-state index in [1.165, 1.54) is 0 Å². The number of nitrogens with zero attached hydrogens (tertiary/aromatic N) is 1. The van der Waals surface area contributed by atoms with E-state index < -0.39 is 11.8 Å². The zero-order valence-electron chi connectivity index (χ0n) is 8.16. The summed E-state index contributed by atoms with van der Waals surface area (Å²) in [5.74, 6) is -1.15. The second kappa shape index (κ2) is 4.71. The SMILES string of the molecule is CCOCC(C)N=C1NC(=O)C(=O)N1. The predicted molar refractivity (Wildman–Crippen MR) is 49.7 cm³/mol. The first kappa shape index (κ1) is 10.6. The van der Waals surface area contributed by atoms with E-state index in [-0.39, 0.29) is 12.0 Å². The van der Waals surface area contributed by atoms with Gasteiger partial charge in [0.1, 0.15) is 0 Å². The lowest BCUT2D eigenvalue weighted by Gasteiger charge is -2.06. The molecule has 0 bridgehead atoms. The minimum atomic E-state index is -0.674. The van der Waals surface area contributed by atoms with Gasteiger partial charge in [-0.25, -0.2) is 4.99 Å². The van der Waals surface area contributed by atoms with Gasteiger partial charge in [-0.3, -0.25) is 20.2 Å². The maximum Gasteiger partial charge on any atom is 0.316 e. The van der Waals surface area contributed by atoms with E-state index in [0.29, 0.717) is 13.2 Å². The van der Waals surface area contributed by atoms with E-state index in [0.717, 1.165) is 0 Å². The molecule has 1 unspecified atom stereocenters. The molecular weight excluding hydrogens is 186 g/mol. The molecule has 0 spiro atoms. The molecule has 0 aliphatic carbocycles. The molecular formula is C8H13N3O3. The highest BCUT2D eigenvalue weighted by atomic mass is 16.5. The highest BCUT2D eigenvalue weighted by molar-refractivity contribution is 6.45. The minimum Gasteiger partial charge on any atom is -0.380 e. The van der Waals surface area contributed by atoms with Gasteiger partial charge < -0.3 is 4.74 Å². The van der Waals surface area contributed by atoms with Crippen molar-refractivity contribution in [3.8, 4) is 0 Å². The molecule has 0 aromatic heterocycles. The summed E-state index contributed by atoms with van der Waals surface area (Å²) in [5.41, 5.74) is 0. The predicted octanol–water partition coefficient (Wildman–Crippen LogP) is -0.987. The Labute approximate surface area is 81.7 Å². The van der Waals surface area contributed by atoms with Gasteiger partial charge in [0.2, 0.25) is 5.96 Å². The van der Waals surface area contributed by atoms with Gasteiger partial charge in [-0.2, -0.15) is 0 Å². The third kappa shape index (κ3) is 2.81. The quantitative estimate of drug-likeness (QED) is 0.571. The molecule has 0 radical (unpaired) electrons. The number of guanidine groups is 1. The Balaban J connectivity index is 2.45. The monoisotopic (exact) mass is 199 g/mol. The Morgan fingerprint density at radius 1 is 1.36 bits per heavy atom. The Bertz CT molecular complexity index is 257. The molecule has 0 aromatic rings. The molecule has 6 heteroatoms. The smallest absolute Gasteiger partial charge is 0.316 e. The fourth-order valence-electron chi connectivity index (χ4n) is 0.970. The van der Waals surface area contributed by atoms with Crippen LogP contribution in [0.4, 0.5) is 0 Å². The number of carbonyl (C=O) groups excluding carboxylic acids is 2. The van der Waals surface area contributed by atoms with Crippen molar-refractivity contribution in [3.63, 3.8) is 0 Å². The number of aliphatic imine (C=N–C) groups is 1. The number of carbonyl (C=O) groups is 2. The molecule has 1 fully saturated rings. The third-order valence-electron chi connectivity index (χ3n) is 1.58. The maximum atomic E-state index is 10.7. The molecule has 1 heterocycles. The molecule has 1 aliphatic rings. The molecule has 1 atom stereocenters. The van der Waals surface area contributed by atoms with Gasteiger partial charge in [0, 0.05) is 6.61 Å². The summed E-state index contributed by atoms with van der Waals surface area (Å²) >= 11 is 0. The second-order valence-corrected chi connectivity index (χ2v) is 2.89. The van der Waals surface area contributed by atoms with Crippen LogP contribution >= 0.6 is 0 Å². The molecule has 1 saturated heterocycles. The van der Waals surface area contributed by atoms with Gasteiger partial charge >= 0.3 is 11.8 Å². The average Bonchev–Trinajstić information content (AvgIpc) is 2.42. The Hall–Kier alpha value is -1.43. The van der Waals surface area contributed by atoms with Gasteiger partial charge in [-0.1, -0.05) is 0 Å². The molecule has 2 amide bonds. The van der Waals surface area contributed by atoms with Crippen molar-refractivity contribution < 1.29 is 14.3 Å². The van der Waals surface area contributed by atoms with Crippen LogP contribution in [0.5, 0.6) is 0 Å². The highest BCUT2D eigenvalue weighted by Crippen LogP contribution is 1.93. The summed E-state index contributed by atoms with van der Waals surface area (Å²) < 4.78 is 5.13. The summed E-state index contributed by atoms with van der Waals surface area (Å²) in [5, 5.41) is 4.61. The first-order chi connectivity index (χ1) is 6.63. The summed E-state index contributed by atoms with van der Waals surface area (Å²) in [4.78, 5) is 25.5. The van der Waals surface area contributed by atoms with Crippen LogP contribution in [0.15, 0.2) is 4.99 Å². The zero-order chi connectivity index (χ0) is 10.6. The molecule has 78 valence electrons. The molecule has 14 heavy (non-hydrogen) atoms. The second-order valence-electron chi connectivity index (χ2n) is 2.89. The summed E-state index contributed by atoms with van der Waals surface area (Å²) in [6, 6.07) is -0.0938. The summed E-state index contributed by atoms with van der Waals surface area (Å²) in [6.07, 6.45) is 0. The standard InChI is InChI=1S/C8H13N3O3/c1-3-14-4-5(2)9-8-10-6(12)7(13)11-8/h5H,3-4H2,1-2H3,(H2,9,10,11,12,13). The highest BCUT2D eigenvalue weighted by Gasteiger charge is 2.25. The first-order valence-corrected chi connectivity index (χ1v) is 4.41. The molecule has 0 aromatic carbocycles. The van der Waals surface area contributed by atoms with Crippen LogP contribution in [-0.4, -0.2) is 37.0 Å². The van der Waals surface area contributed by atoms with E-state index in [1.54, 1.807) is 0 Å². The fraction of sp³-hybridized carbons (Fsp3) is 0.625. The number of rotatable bonds is 4. The largest absolute Gasteiger partial charge is 0.380 e. The van der Waals surface area contributed by atoms with Crippen molar-refractivity contribution in [2.45, 2.75) is 19.9 Å². The van der Waals surface area contributed by atoms with Crippen molar-refractivity contribution in [1.82, 2.24) is 10.6 Å². The van der Waals surface area contributed by atoms with E-state index >= 15 is 0 Å². The van der Waals surface area contributed by atoms with Crippen LogP contribution in [0.25, 0.3) is 0 Å². The van der Waals surface area contributed by atoms with Crippen molar-refractivity contribution >= 4 is 17.8 Å². The zero-order valence-corrected chi connectivity index (χ0v) is 8.16. The molecule has 1 aliphatic heterocycles. The van der Waals surface area contributed by atoms with Crippen molar-refractivity contribution in [2.75, 3.05) is 13.2 Å². The Morgan fingerprint density at radius 3 is 2.43 bits per heavy atom. The van der Waals surface area contributed by atoms with Gasteiger partial charge in [-0.05, 0) is 13.8 Å². The van der Waals surface area contributed by atoms with Crippen LogP contribution in [0, 0.1) is 0 Å². The number of hydrogen-bond acceptors (Lipinski definition) is 4. The fourth-order valence-corrected chi connectivity index (χ4v) is 0.970. The molecule has 0 saturated carbocycles. The minimum absolute atomic E-state index is 0.0938.